The summed E-state index contributed by atoms with van der Waals surface area (Å²) in [5.74, 6) is -0.0696. The first-order valence-electron chi connectivity index (χ1n) is 6.72. The first-order chi connectivity index (χ1) is 9.08. The van der Waals surface area contributed by atoms with Crippen molar-refractivity contribution in [3.8, 4) is 0 Å². The number of hydrogen-bond acceptors (Lipinski definition) is 2. The highest BCUT2D eigenvalue weighted by Gasteiger charge is 2.21. The molecule has 4 N–H and O–H groups in total. The Balaban J connectivity index is 2.07. The average Bonchev–Trinajstić information content (AvgIpc) is 2.91. The second-order valence-corrected chi connectivity index (χ2v) is 5.03. The van der Waals surface area contributed by atoms with Crippen molar-refractivity contribution in [3.05, 3.63) is 36.0 Å². The quantitative estimate of drug-likeness (QED) is 0.771. The summed E-state index contributed by atoms with van der Waals surface area (Å²) in [5.41, 5.74) is 7.57. The summed E-state index contributed by atoms with van der Waals surface area (Å²) in [7, 11) is 0. The van der Waals surface area contributed by atoms with Gasteiger partial charge in [0.15, 0.2) is 0 Å². The number of benzene rings is 1. The molecule has 1 heterocycles. The Hall–Kier alpha value is -1.81. The number of carbonyl (C=O) groups excluding carboxylic acids is 1. The molecule has 0 aliphatic heterocycles. The molecule has 2 rings (SSSR count). The number of fused-ring (bicyclic) bond motifs is 1. The zero-order chi connectivity index (χ0) is 13.9. The van der Waals surface area contributed by atoms with Crippen LogP contribution in [0.25, 0.3) is 10.9 Å². The Bertz CT molecular complexity index is 570. The maximum absolute atomic E-state index is 12.1. The molecule has 2 aromatic rings. The average molecular weight is 259 g/mol. The van der Waals surface area contributed by atoms with Crippen LogP contribution in [0.3, 0.4) is 0 Å². The molecule has 1 amide bonds. The van der Waals surface area contributed by atoms with Gasteiger partial charge in [-0.25, -0.2) is 0 Å². The zero-order valence-electron chi connectivity index (χ0n) is 11.5. The maximum atomic E-state index is 12.1. The third-order valence-corrected chi connectivity index (χ3v) is 3.82. The third-order valence-electron chi connectivity index (χ3n) is 3.82. The molecular weight excluding hydrogens is 238 g/mol. The summed E-state index contributed by atoms with van der Waals surface area (Å²) < 4.78 is 0. The summed E-state index contributed by atoms with van der Waals surface area (Å²) in [6.45, 7) is 4.59. The fourth-order valence-corrected chi connectivity index (χ4v) is 2.05. The van der Waals surface area contributed by atoms with Gasteiger partial charge in [0.05, 0.1) is 0 Å². The Morgan fingerprint density at radius 1 is 1.32 bits per heavy atom. The summed E-state index contributed by atoms with van der Waals surface area (Å²) in [5, 5.41) is 3.96. The van der Waals surface area contributed by atoms with Crippen LogP contribution in [0.5, 0.6) is 0 Å². The Morgan fingerprint density at radius 3 is 2.74 bits per heavy atom. The van der Waals surface area contributed by atoms with Crippen molar-refractivity contribution < 1.29 is 4.79 Å². The van der Waals surface area contributed by atoms with Gasteiger partial charge < -0.3 is 16.0 Å². The molecule has 4 heteroatoms. The van der Waals surface area contributed by atoms with Crippen LogP contribution in [0.15, 0.2) is 30.5 Å². The van der Waals surface area contributed by atoms with E-state index in [1.807, 2.05) is 44.3 Å². The molecule has 0 fully saturated rings. The van der Waals surface area contributed by atoms with Crippen molar-refractivity contribution in [3.63, 3.8) is 0 Å². The van der Waals surface area contributed by atoms with E-state index in [-0.39, 0.29) is 11.4 Å². The van der Waals surface area contributed by atoms with Crippen molar-refractivity contribution in [2.24, 2.45) is 5.73 Å². The van der Waals surface area contributed by atoms with Crippen LogP contribution in [0.1, 0.15) is 37.0 Å². The molecule has 4 nitrogen and oxygen atoms in total. The van der Waals surface area contributed by atoms with E-state index in [4.69, 9.17) is 5.73 Å². The molecule has 0 atom stereocenters. The number of amides is 1. The molecule has 0 saturated carbocycles. The summed E-state index contributed by atoms with van der Waals surface area (Å²) in [6.07, 6.45) is 3.56. The van der Waals surface area contributed by atoms with Crippen molar-refractivity contribution in [1.29, 1.82) is 0 Å². The number of carbonyl (C=O) groups is 1. The molecule has 0 aliphatic rings. The van der Waals surface area contributed by atoms with Gasteiger partial charge in [0, 0.05) is 34.7 Å². The molecule has 1 aromatic carbocycles. The molecule has 0 bridgehead atoms. The summed E-state index contributed by atoms with van der Waals surface area (Å²) in [6, 6.07) is 7.58. The highest BCUT2D eigenvalue weighted by Crippen LogP contribution is 2.15. The molecule has 19 heavy (non-hydrogen) atoms. The molecule has 0 radical (unpaired) electrons. The van der Waals surface area contributed by atoms with E-state index in [9.17, 15) is 4.79 Å². The van der Waals surface area contributed by atoms with Gasteiger partial charge in [-0.2, -0.15) is 0 Å². The predicted octanol–water partition coefficient (Wildman–Crippen LogP) is 2.42. The molecule has 102 valence electrons. The molecule has 0 spiro atoms. The number of rotatable bonds is 5. The molecule has 0 saturated heterocycles. The minimum atomic E-state index is -0.312. The van der Waals surface area contributed by atoms with Gasteiger partial charge in [-0.3, -0.25) is 4.79 Å². The van der Waals surface area contributed by atoms with Crippen molar-refractivity contribution >= 4 is 16.8 Å². The first-order valence-corrected chi connectivity index (χ1v) is 6.72. The van der Waals surface area contributed by atoms with Crippen LogP contribution < -0.4 is 11.1 Å². The highest BCUT2D eigenvalue weighted by atomic mass is 16.1. The van der Waals surface area contributed by atoms with E-state index in [1.54, 1.807) is 0 Å². The zero-order valence-corrected chi connectivity index (χ0v) is 11.5. The SMILES string of the molecule is CCC(N)(CC)CNC(=O)c1ccc2[nH]ccc2c1. The lowest BCUT2D eigenvalue weighted by molar-refractivity contribution is 0.0942. The van der Waals surface area contributed by atoms with E-state index < -0.39 is 0 Å². The molecular formula is C15H21N3O. The summed E-state index contributed by atoms with van der Waals surface area (Å²) >= 11 is 0. The van der Waals surface area contributed by atoms with Gasteiger partial charge in [0.25, 0.3) is 5.91 Å². The van der Waals surface area contributed by atoms with Gasteiger partial charge >= 0.3 is 0 Å². The number of aromatic nitrogens is 1. The smallest absolute Gasteiger partial charge is 0.251 e. The second kappa shape index (κ2) is 5.45. The first kappa shape index (κ1) is 13.6. The van der Waals surface area contributed by atoms with Crippen LogP contribution >= 0.6 is 0 Å². The van der Waals surface area contributed by atoms with Crippen LogP contribution in [0.4, 0.5) is 0 Å². The van der Waals surface area contributed by atoms with Gasteiger partial charge in [-0.1, -0.05) is 13.8 Å². The van der Waals surface area contributed by atoms with Crippen LogP contribution in [0, 0.1) is 0 Å². The molecule has 0 unspecified atom stereocenters. The van der Waals surface area contributed by atoms with Gasteiger partial charge in [0.1, 0.15) is 0 Å². The predicted molar refractivity (Wildman–Crippen MR) is 78.1 cm³/mol. The van der Waals surface area contributed by atoms with Gasteiger partial charge in [-0.05, 0) is 37.1 Å². The highest BCUT2D eigenvalue weighted by molar-refractivity contribution is 5.98. The Kier molecular flexibility index (Phi) is 3.90. The van der Waals surface area contributed by atoms with Gasteiger partial charge in [-0.15, -0.1) is 0 Å². The number of hydrogen-bond donors (Lipinski definition) is 3. The number of nitrogens with two attached hydrogens (primary N) is 1. The summed E-state index contributed by atoms with van der Waals surface area (Å²) in [4.78, 5) is 15.2. The maximum Gasteiger partial charge on any atom is 0.251 e. The van der Waals surface area contributed by atoms with Crippen LogP contribution in [-0.4, -0.2) is 23.0 Å². The monoisotopic (exact) mass is 259 g/mol. The van der Waals surface area contributed by atoms with Crippen molar-refractivity contribution in [2.45, 2.75) is 32.2 Å². The largest absolute Gasteiger partial charge is 0.361 e. The third kappa shape index (κ3) is 2.96. The number of aromatic amines is 1. The fraction of sp³-hybridized carbons (Fsp3) is 0.400. The normalized spacial score (nSPS) is 11.7. The second-order valence-electron chi connectivity index (χ2n) is 5.03. The van der Waals surface area contributed by atoms with E-state index >= 15 is 0 Å². The Morgan fingerprint density at radius 2 is 2.05 bits per heavy atom. The molecule has 1 aromatic heterocycles. The lowest BCUT2D eigenvalue weighted by Crippen LogP contribution is -2.49. The van der Waals surface area contributed by atoms with Crippen molar-refractivity contribution in [2.75, 3.05) is 6.54 Å². The number of H-pyrrole nitrogens is 1. The van der Waals surface area contributed by atoms with Gasteiger partial charge in [0.2, 0.25) is 0 Å². The van der Waals surface area contributed by atoms with E-state index in [0.29, 0.717) is 12.1 Å². The topological polar surface area (TPSA) is 70.9 Å². The lowest BCUT2D eigenvalue weighted by atomic mass is 9.94. The van der Waals surface area contributed by atoms with E-state index in [2.05, 4.69) is 10.3 Å². The standard InChI is InChI=1S/C15H21N3O/c1-3-15(16,4-2)10-18-14(19)12-5-6-13-11(9-12)7-8-17-13/h5-9,17H,3-4,10,16H2,1-2H3,(H,18,19). The Labute approximate surface area is 113 Å². The fourth-order valence-electron chi connectivity index (χ4n) is 2.05. The molecule has 0 aliphatic carbocycles. The lowest BCUT2D eigenvalue weighted by Gasteiger charge is -2.26. The number of nitrogens with one attached hydrogen (secondary N) is 2. The van der Waals surface area contributed by atoms with Crippen molar-refractivity contribution in [1.82, 2.24) is 10.3 Å². The minimum absolute atomic E-state index is 0.0696. The van der Waals surface area contributed by atoms with E-state index in [1.165, 1.54) is 0 Å². The van der Waals surface area contributed by atoms with Crippen LogP contribution in [-0.2, 0) is 0 Å². The van der Waals surface area contributed by atoms with Crippen LogP contribution in [0.2, 0.25) is 0 Å². The minimum Gasteiger partial charge on any atom is -0.361 e. The van der Waals surface area contributed by atoms with E-state index in [0.717, 1.165) is 23.7 Å².